The van der Waals surface area contributed by atoms with Crippen LogP contribution in [0.4, 0.5) is 5.69 Å². The maximum atomic E-state index is 12.2. The number of carbonyl (C=O) groups excluding carboxylic acids is 2. The predicted molar refractivity (Wildman–Crippen MR) is 96.2 cm³/mol. The average molecular weight is 380 g/mol. The number of amides is 1. The highest BCUT2D eigenvalue weighted by Gasteiger charge is 2.22. The Bertz CT molecular complexity index is 823. The molecule has 0 saturated heterocycles. The third-order valence-corrected chi connectivity index (χ3v) is 3.81. The summed E-state index contributed by atoms with van der Waals surface area (Å²) in [5, 5.41) is 12.9. The Kier molecular flexibility index (Phi) is 6.30. The molecular weight excluding hydrogens is 362 g/mol. The van der Waals surface area contributed by atoms with E-state index in [9.17, 15) is 14.7 Å². The first-order valence-electron chi connectivity index (χ1n) is 7.58. The zero-order valence-corrected chi connectivity index (χ0v) is 15.2. The van der Waals surface area contributed by atoms with Crippen LogP contribution in [0.5, 0.6) is 17.2 Å². The van der Waals surface area contributed by atoms with E-state index in [0.29, 0.717) is 16.5 Å². The number of hydrogen-bond acceptors (Lipinski definition) is 6. The molecule has 0 bridgehead atoms. The van der Waals surface area contributed by atoms with Crippen LogP contribution in [0.25, 0.3) is 0 Å². The summed E-state index contributed by atoms with van der Waals surface area (Å²) < 4.78 is 15.1. The standard InChI is InChI=1S/C18H18ClNO6/c1-10(17(22)20-11-7-8-14(24-2)13(19)9-11)26-18(23)12-5-4-6-15(25-3)16(12)21/h4-10,21H,1-3H3,(H,20,22). The van der Waals surface area contributed by atoms with Crippen LogP contribution in [0.3, 0.4) is 0 Å². The van der Waals surface area contributed by atoms with Gasteiger partial charge in [0.05, 0.1) is 19.2 Å². The van der Waals surface area contributed by atoms with Gasteiger partial charge in [-0.2, -0.15) is 0 Å². The number of esters is 1. The van der Waals surface area contributed by atoms with E-state index in [1.807, 2.05) is 0 Å². The van der Waals surface area contributed by atoms with Crippen LogP contribution in [0, 0.1) is 0 Å². The first kappa shape index (κ1) is 19.4. The minimum atomic E-state index is -1.10. The van der Waals surface area contributed by atoms with Crippen LogP contribution in [0.1, 0.15) is 17.3 Å². The SMILES string of the molecule is COc1ccc(NC(=O)C(C)OC(=O)c2cccc(OC)c2O)cc1Cl. The summed E-state index contributed by atoms with van der Waals surface area (Å²) in [6.07, 6.45) is -1.10. The molecule has 0 radical (unpaired) electrons. The lowest BCUT2D eigenvalue weighted by Crippen LogP contribution is -2.30. The second-order valence-electron chi connectivity index (χ2n) is 5.24. The zero-order valence-electron chi connectivity index (χ0n) is 14.4. The van der Waals surface area contributed by atoms with E-state index in [-0.39, 0.29) is 17.1 Å². The van der Waals surface area contributed by atoms with Gasteiger partial charge in [-0.25, -0.2) is 4.79 Å². The van der Waals surface area contributed by atoms with Gasteiger partial charge in [0.25, 0.3) is 5.91 Å². The van der Waals surface area contributed by atoms with Gasteiger partial charge in [0.2, 0.25) is 0 Å². The van der Waals surface area contributed by atoms with E-state index in [1.54, 1.807) is 12.1 Å². The molecule has 0 aromatic heterocycles. The molecule has 0 fully saturated rings. The average Bonchev–Trinajstić information content (AvgIpc) is 2.61. The quantitative estimate of drug-likeness (QED) is 0.748. The lowest BCUT2D eigenvalue weighted by atomic mass is 10.2. The third kappa shape index (κ3) is 4.37. The molecule has 1 amide bonds. The minimum absolute atomic E-state index is 0.100. The van der Waals surface area contributed by atoms with E-state index in [0.717, 1.165) is 0 Å². The fourth-order valence-corrected chi connectivity index (χ4v) is 2.38. The van der Waals surface area contributed by atoms with E-state index in [1.165, 1.54) is 45.4 Å². The number of aromatic hydroxyl groups is 1. The summed E-state index contributed by atoms with van der Waals surface area (Å²) in [4.78, 5) is 24.4. The van der Waals surface area contributed by atoms with Crippen LogP contribution in [0.15, 0.2) is 36.4 Å². The Hall–Kier alpha value is -2.93. The number of halogens is 1. The number of rotatable bonds is 6. The molecule has 26 heavy (non-hydrogen) atoms. The number of benzene rings is 2. The molecule has 2 aromatic rings. The number of para-hydroxylation sites is 1. The van der Waals surface area contributed by atoms with Crippen molar-refractivity contribution in [1.29, 1.82) is 0 Å². The zero-order chi connectivity index (χ0) is 19.3. The summed E-state index contributed by atoms with van der Waals surface area (Å²) in [7, 11) is 2.84. The Morgan fingerprint density at radius 1 is 1.12 bits per heavy atom. The van der Waals surface area contributed by atoms with Crippen molar-refractivity contribution >= 4 is 29.2 Å². The van der Waals surface area contributed by atoms with Gasteiger partial charge in [0.1, 0.15) is 11.3 Å². The molecular formula is C18H18ClNO6. The van der Waals surface area contributed by atoms with Crippen LogP contribution in [-0.4, -0.2) is 37.3 Å². The van der Waals surface area contributed by atoms with E-state index in [4.69, 9.17) is 25.8 Å². The highest BCUT2D eigenvalue weighted by atomic mass is 35.5. The van der Waals surface area contributed by atoms with Gasteiger partial charge in [0.15, 0.2) is 17.6 Å². The summed E-state index contributed by atoms with van der Waals surface area (Å²) in [6, 6.07) is 9.11. The monoisotopic (exact) mass is 379 g/mol. The number of anilines is 1. The molecule has 0 aliphatic heterocycles. The third-order valence-electron chi connectivity index (χ3n) is 3.51. The smallest absolute Gasteiger partial charge is 0.342 e. The highest BCUT2D eigenvalue weighted by molar-refractivity contribution is 6.32. The number of methoxy groups -OCH3 is 2. The Morgan fingerprint density at radius 3 is 2.42 bits per heavy atom. The lowest BCUT2D eigenvalue weighted by Gasteiger charge is -2.15. The maximum Gasteiger partial charge on any atom is 0.342 e. The van der Waals surface area contributed by atoms with Crippen molar-refractivity contribution in [2.45, 2.75) is 13.0 Å². The van der Waals surface area contributed by atoms with Gasteiger partial charge in [0, 0.05) is 5.69 Å². The van der Waals surface area contributed by atoms with Gasteiger partial charge in [-0.05, 0) is 37.3 Å². The first-order chi connectivity index (χ1) is 12.4. The van der Waals surface area contributed by atoms with Crippen molar-refractivity contribution in [3.05, 3.63) is 47.0 Å². The summed E-state index contributed by atoms with van der Waals surface area (Å²) in [6.45, 7) is 1.41. The fourth-order valence-electron chi connectivity index (χ4n) is 2.12. The normalized spacial score (nSPS) is 11.4. The summed E-state index contributed by atoms with van der Waals surface area (Å²) >= 11 is 6.00. The molecule has 138 valence electrons. The van der Waals surface area contributed by atoms with Crippen molar-refractivity contribution in [1.82, 2.24) is 0 Å². The van der Waals surface area contributed by atoms with Gasteiger partial charge in [-0.1, -0.05) is 17.7 Å². The Balaban J connectivity index is 2.05. The molecule has 2 N–H and O–H groups in total. The van der Waals surface area contributed by atoms with Crippen molar-refractivity contribution in [3.8, 4) is 17.2 Å². The molecule has 8 heteroatoms. The van der Waals surface area contributed by atoms with Crippen molar-refractivity contribution in [3.63, 3.8) is 0 Å². The van der Waals surface area contributed by atoms with Gasteiger partial charge in [-0.15, -0.1) is 0 Å². The predicted octanol–water partition coefficient (Wildman–Crippen LogP) is 3.25. The van der Waals surface area contributed by atoms with Crippen LogP contribution >= 0.6 is 11.6 Å². The van der Waals surface area contributed by atoms with E-state index >= 15 is 0 Å². The number of ether oxygens (including phenoxy) is 3. The molecule has 2 aromatic carbocycles. The Morgan fingerprint density at radius 2 is 1.81 bits per heavy atom. The number of nitrogens with one attached hydrogen (secondary N) is 1. The van der Waals surface area contributed by atoms with Gasteiger partial charge >= 0.3 is 5.97 Å². The molecule has 0 saturated carbocycles. The van der Waals surface area contributed by atoms with Gasteiger partial charge < -0.3 is 24.6 Å². The number of phenols is 1. The molecule has 1 unspecified atom stereocenters. The van der Waals surface area contributed by atoms with Crippen molar-refractivity contribution in [2.24, 2.45) is 0 Å². The minimum Gasteiger partial charge on any atom is -0.504 e. The van der Waals surface area contributed by atoms with Crippen molar-refractivity contribution < 1.29 is 28.9 Å². The topological polar surface area (TPSA) is 94.1 Å². The maximum absolute atomic E-state index is 12.2. The second kappa shape index (κ2) is 8.44. The van der Waals surface area contributed by atoms with Crippen LogP contribution in [-0.2, 0) is 9.53 Å². The molecule has 0 spiro atoms. The number of hydrogen-bond donors (Lipinski definition) is 2. The second-order valence-corrected chi connectivity index (χ2v) is 5.65. The highest BCUT2D eigenvalue weighted by Crippen LogP contribution is 2.30. The number of carbonyl (C=O) groups is 2. The van der Waals surface area contributed by atoms with E-state index < -0.39 is 18.0 Å². The van der Waals surface area contributed by atoms with Crippen LogP contribution in [0.2, 0.25) is 5.02 Å². The first-order valence-corrected chi connectivity index (χ1v) is 7.96. The van der Waals surface area contributed by atoms with E-state index in [2.05, 4.69) is 5.32 Å². The molecule has 0 aliphatic carbocycles. The number of phenolic OH excluding ortho intramolecular Hbond substituents is 1. The molecule has 7 nitrogen and oxygen atoms in total. The van der Waals surface area contributed by atoms with Crippen molar-refractivity contribution in [2.75, 3.05) is 19.5 Å². The lowest BCUT2D eigenvalue weighted by molar-refractivity contribution is -0.123. The summed E-state index contributed by atoms with van der Waals surface area (Å²) in [5.74, 6) is -1.16. The molecule has 2 rings (SSSR count). The van der Waals surface area contributed by atoms with Crippen LogP contribution < -0.4 is 14.8 Å². The molecule has 0 heterocycles. The summed E-state index contributed by atoms with van der Waals surface area (Å²) in [5.41, 5.74) is 0.324. The van der Waals surface area contributed by atoms with Gasteiger partial charge in [-0.3, -0.25) is 4.79 Å². The fraction of sp³-hybridized carbons (Fsp3) is 0.222. The molecule has 0 aliphatic rings. The molecule has 1 atom stereocenters. The largest absolute Gasteiger partial charge is 0.504 e. The Labute approximate surface area is 155 Å².